The molecule has 2 aromatic carbocycles. The molecule has 4 rings (SSSR count). The zero-order chi connectivity index (χ0) is 19.3. The predicted molar refractivity (Wildman–Crippen MR) is 120 cm³/mol. The van der Waals surface area contributed by atoms with Gasteiger partial charge < -0.3 is 24.8 Å². The second-order valence-corrected chi connectivity index (χ2v) is 14.9. The van der Waals surface area contributed by atoms with Crippen molar-refractivity contribution in [3.8, 4) is 11.1 Å². The Morgan fingerprint density at radius 1 is 0.833 bits per heavy atom. The first-order valence-electron chi connectivity index (χ1n) is 11.1. The maximum Gasteiger partial charge on any atom is -1.00 e. The van der Waals surface area contributed by atoms with Crippen molar-refractivity contribution in [3.63, 3.8) is 0 Å². The van der Waals surface area contributed by atoms with Crippen molar-refractivity contribution in [3.05, 3.63) is 81.2 Å². The molecule has 0 amide bonds. The number of halogens is 2. The van der Waals surface area contributed by atoms with Gasteiger partial charge >= 0.3 is 179 Å². The second kappa shape index (κ2) is 12.3. The number of hydrogen-bond acceptors (Lipinski definition) is 0. The third kappa shape index (κ3) is 5.17. The van der Waals surface area contributed by atoms with Gasteiger partial charge in [-0.3, -0.25) is 0 Å². The summed E-state index contributed by atoms with van der Waals surface area (Å²) < 4.78 is 4.48. The van der Waals surface area contributed by atoms with Crippen LogP contribution in [0.3, 0.4) is 0 Å². The van der Waals surface area contributed by atoms with E-state index in [9.17, 15) is 0 Å². The molecule has 0 saturated heterocycles. The van der Waals surface area contributed by atoms with Crippen molar-refractivity contribution < 1.29 is 46.1 Å². The molecule has 0 unspecified atom stereocenters. The molecule has 0 aromatic heterocycles. The van der Waals surface area contributed by atoms with Crippen LogP contribution in [0.2, 0.25) is 0 Å². The van der Waals surface area contributed by atoms with Crippen LogP contribution in [0, 0.1) is 0 Å². The van der Waals surface area contributed by atoms with Gasteiger partial charge in [-0.05, 0) is 0 Å². The van der Waals surface area contributed by atoms with Gasteiger partial charge in [-0.15, -0.1) is 0 Å². The van der Waals surface area contributed by atoms with Gasteiger partial charge in [0.1, 0.15) is 0 Å². The Morgan fingerprint density at radius 3 is 1.83 bits per heavy atom. The maximum atomic E-state index is 2.50. The molecule has 0 bridgehead atoms. The Balaban J connectivity index is 0.00000160. The summed E-state index contributed by atoms with van der Waals surface area (Å²) in [4.78, 5) is 0. The summed E-state index contributed by atoms with van der Waals surface area (Å²) >= 11 is -2.03. The van der Waals surface area contributed by atoms with E-state index in [0.717, 1.165) is 0 Å². The number of unbranched alkanes of at least 4 members (excludes halogenated alkanes) is 2. The normalized spacial score (nSPS) is 13.4. The van der Waals surface area contributed by atoms with Crippen LogP contribution in [0.1, 0.15) is 73.5 Å². The summed E-state index contributed by atoms with van der Waals surface area (Å²) in [5.74, 6) is 0. The van der Waals surface area contributed by atoms with Crippen LogP contribution in [-0.4, -0.2) is 3.21 Å². The van der Waals surface area contributed by atoms with Crippen LogP contribution < -0.4 is 24.8 Å². The van der Waals surface area contributed by atoms with Crippen molar-refractivity contribution in [1.29, 1.82) is 0 Å². The van der Waals surface area contributed by atoms with E-state index in [1.165, 1.54) is 56.1 Å². The molecular weight excluding hydrogens is 486 g/mol. The minimum atomic E-state index is -2.03. The third-order valence-electron chi connectivity index (χ3n) is 6.28. The van der Waals surface area contributed by atoms with Gasteiger partial charge in [-0.1, -0.05) is 0 Å². The van der Waals surface area contributed by atoms with Crippen LogP contribution in [0.4, 0.5) is 0 Å². The Kier molecular flexibility index (Phi) is 10.5. The van der Waals surface area contributed by atoms with E-state index in [0.29, 0.717) is 3.63 Å². The van der Waals surface area contributed by atoms with Gasteiger partial charge in [0, 0.05) is 0 Å². The molecule has 2 aromatic rings. The first kappa shape index (κ1) is 25.5. The first-order chi connectivity index (χ1) is 13.8. The van der Waals surface area contributed by atoms with E-state index >= 15 is 0 Å². The molecule has 0 fully saturated rings. The molecule has 0 spiro atoms. The fourth-order valence-electron chi connectivity index (χ4n) is 4.90. The Bertz CT molecular complexity index is 884. The smallest absolute Gasteiger partial charge is 1.00 e. The molecule has 2 aliphatic carbocycles. The molecule has 30 heavy (non-hydrogen) atoms. The van der Waals surface area contributed by atoms with Crippen molar-refractivity contribution >= 4 is 3.21 Å². The minimum absolute atomic E-state index is 0. The molecule has 0 saturated carbocycles. The summed E-state index contributed by atoms with van der Waals surface area (Å²) in [6.45, 7) is 4.69. The molecule has 2 aliphatic rings. The molecule has 0 atom stereocenters. The number of hydrogen-bond donors (Lipinski definition) is 0. The van der Waals surface area contributed by atoms with E-state index < -0.39 is 21.3 Å². The third-order valence-corrected chi connectivity index (χ3v) is 14.9. The van der Waals surface area contributed by atoms with Crippen LogP contribution >= 0.6 is 0 Å². The molecule has 0 heterocycles. The number of fused-ring (bicyclic) bond motifs is 3. The van der Waals surface area contributed by atoms with E-state index in [4.69, 9.17) is 0 Å². The zero-order valence-electron chi connectivity index (χ0n) is 18.1. The molecule has 0 aliphatic heterocycles. The van der Waals surface area contributed by atoms with Gasteiger partial charge in [0.05, 0.1) is 0 Å². The average molecular weight is 519 g/mol. The number of allylic oxidation sites excluding steroid dienone is 4. The number of benzene rings is 2. The second-order valence-electron chi connectivity index (χ2n) is 8.16. The molecular formula is C27H32Cl2Zr. The Labute approximate surface area is 202 Å². The SMILES string of the molecule is CCCC[C](CCCC)=[Zr+2]([C]1=CC=CC1)[CH]1c2ccccc2-c2ccccc21.[Cl-].[Cl-]. The van der Waals surface area contributed by atoms with Crippen molar-refractivity contribution in [2.75, 3.05) is 0 Å². The van der Waals surface area contributed by atoms with Gasteiger partial charge in [-0.25, -0.2) is 0 Å². The van der Waals surface area contributed by atoms with Crippen LogP contribution in [-0.2, 0) is 21.3 Å². The summed E-state index contributed by atoms with van der Waals surface area (Å²) in [5.41, 5.74) is 6.24. The Morgan fingerprint density at radius 2 is 1.37 bits per heavy atom. The van der Waals surface area contributed by atoms with E-state index in [2.05, 4.69) is 80.6 Å². The molecule has 0 radical (unpaired) electrons. The summed E-state index contributed by atoms with van der Waals surface area (Å²) in [6, 6.07) is 18.5. The van der Waals surface area contributed by atoms with Gasteiger partial charge in [0.15, 0.2) is 0 Å². The maximum absolute atomic E-state index is 2.50. The molecule has 3 heteroatoms. The fourth-order valence-corrected chi connectivity index (χ4v) is 14.4. The fraction of sp³-hybridized carbons (Fsp3) is 0.370. The zero-order valence-corrected chi connectivity index (χ0v) is 22.1. The first-order valence-corrected chi connectivity index (χ1v) is 15.0. The molecule has 158 valence electrons. The standard InChI is InChI=1S/C13H9.C9H18.C5H5.2ClH.Zr/c1-3-7-12-10(5-1)9-11-6-2-4-8-13(11)12;1-3-5-7-9-8-6-4-2;1-2-4-5-3-1;;;/h1-9H;3-8H2,1-2H3;1-3H,4H2;2*1H;/q;;;;;+2/p-2. The monoisotopic (exact) mass is 516 g/mol. The van der Waals surface area contributed by atoms with Crippen molar-refractivity contribution in [2.24, 2.45) is 0 Å². The van der Waals surface area contributed by atoms with E-state index in [1.54, 1.807) is 11.1 Å². The van der Waals surface area contributed by atoms with Crippen LogP contribution in [0.25, 0.3) is 11.1 Å². The average Bonchev–Trinajstić information content (AvgIpc) is 3.37. The van der Waals surface area contributed by atoms with Crippen LogP contribution in [0.5, 0.6) is 0 Å². The van der Waals surface area contributed by atoms with Gasteiger partial charge in [0.25, 0.3) is 0 Å². The van der Waals surface area contributed by atoms with Gasteiger partial charge in [-0.2, -0.15) is 0 Å². The van der Waals surface area contributed by atoms with E-state index in [1.807, 2.05) is 6.49 Å². The summed E-state index contributed by atoms with van der Waals surface area (Å²) in [7, 11) is 0. The van der Waals surface area contributed by atoms with Gasteiger partial charge in [0.2, 0.25) is 0 Å². The quantitative estimate of drug-likeness (QED) is 0.500. The van der Waals surface area contributed by atoms with Crippen LogP contribution in [0.15, 0.2) is 70.0 Å². The minimum Gasteiger partial charge on any atom is -1.00 e. The predicted octanol–water partition coefficient (Wildman–Crippen LogP) is 1.78. The largest absolute Gasteiger partial charge is 1.00 e. The van der Waals surface area contributed by atoms with Crippen molar-refractivity contribution in [2.45, 2.75) is 62.4 Å². The summed E-state index contributed by atoms with van der Waals surface area (Å²) in [6.07, 6.45) is 16.5. The topological polar surface area (TPSA) is 0 Å². The molecule has 0 N–H and O–H groups in total. The molecule has 0 nitrogen and oxygen atoms in total. The summed E-state index contributed by atoms with van der Waals surface area (Å²) in [5, 5.41) is 0. The van der Waals surface area contributed by atoms with Crippen molar-refractivity contribution in [1.82, 2.24) is 0 Å². The van der Waals surface area contributed by atoms with E-state index in [-0.39, 0.29) is 24.8 Å². The number of rotatable bonds is 8. The Hall–Kier alpha value is -0.747.